The Morgan fingerprint density at radius 3 is 2.53 bits per heavy atom. The van der Waals surface area contributed by atoms with E-state index in [0.717, 1.165) is 83.6 Å². The van der Waals surface area contributed by atoms with E-state index in [2.05, 4.69) is 26.3 Å². The van der Waals surface area contributed by atoms with Crippen molar-refractivity contribution in [3.63, 3.8) is 0 Å². The molecule has 1 aliphatic heterocycles. The summed E-state index contributed by atoms with van der Waals surface area (Å²) in [6.45, 7) is 1.63. The molecule has 3 heterocycles. The van der Waals surface area contributed by atoms with Crippen molar-refractivity contribution < 1.29 is 4.79 Å². The Hall–Kier alpha value is -3.77. The summed E-state index contributed by atoms with van der Waals surface area (Å²) >= 11 is 6.42. The number of carbonyl (C=O) groups excluding carboxylic acids is 1. The highest BCUT2D eigenvalue weighted by molar-refractivity contribution is 6.32. The fraction of sp³-hybridized carbons (Fsp3) is 0.241. The Labute approximate surface area is 215 Å². The van der Waals surface area contributed by atoms with E-state index in [1.165, 1.54) is 0 Å². The molecule has 6 rings (SSSR count). The van der Waals surface area contributed by atoms with E-state index in [1.54, 1.807) is 12.4 Å². The molecule has 6 nitrogen and oxygen atoms in total. The molecule has 1 N–H and O–H groups in total. The largest absolute Gasteiger partial charge is 0.349 e. The van der Waals surface area contributed by atoms with Gasteiger partial charge < -0.3 is 10.2 Å². The summed E-state index contributed by atoms with van der Waals surface area (Å²) in [5.41, 5.74) is 5.62. The first-order chi connectivity index (χ1) is 17.7. The molecule has 0 unspecified atom stereocenters. The Bertz CT molecular complexity index is 1460. The average Bonchev–Trinajstić information content (AvgIpc) is 3.31. The van der Waals surface area contributed by atoms with E-state index in [0.29, 0.717) is 5.02 Å². The number of hydrogen-bond donors (Lipinski definition) is 1. The highest BCUT2D eigenvalue weighted by Gasteiger charge is 2.29. The number of benzene rings is 2. The first kappa shape index (κ1) is 22.7. The molecule has 2 aliphatic rings. The molecular weight excluding hydrogens is 470 g/mol. The summed E-state index contributed by atoms with van der Waals surface area (Å²) in [4.78, 5) is 29.6. The molecule has 4 aromatic rings. The van der Waals surface area contributed by atoms with Gasteiger partial charge >= 0.3 is 0 Å². The maximum Gasteiger partial charge on any atom is 0.252 e. The number of pyridine rings is 1. The van der Waals surface area contributed by atoms with E-state index < -0.39 is 0 Å². The van der Waals surface area contributed by atoms with Crippen LogP contribution in [0.2, 0.25) is 5.02 Å². The van der Waals surface area contributed by atoms with Crippen LogP contribution in [-0.2, 0) is 6.42 Å². The van der Waals surface area contributed by atoms with Crippen LogP contribution in [0.3, 0.4) is 0 Å². The quantitative estimate of drug-likeness (QED) is 0.401. The van der Waals surface area contributed by atoms with Crippen molar-refractivity contribution in [2.24, 2.45) is 0 Å². The van der Waals surface area contributed by atoms with Crippen molar-refractivity contribution in [2.45, 2.75) is 31.7 Å². The van der Waals surface area contributed by atoms with Gasteiger partial charge in [0.1, 0.15) is 0 Å². The number of para-hydroxylation sites is 1. The maximum atomic E-state index is 13.7. The minimum Gasteiger partial charge on any atom is -0.349 e. The molecule has 0 spiro atoms. The lowest BCUT2D eigenvalue weighted by atomic mass is 9.98. The second-order valence-corrected chi connectivity index (χ2v) is 9.71. The third-order valence-electron chi connectivity index (χ3n) is 7.07. The van der Waals surface area contributed by atoms with E-state index in [1.807, 2.05) is 54.6 Å². The van der Waals surface area contributed by atoms with Gasteiger partial charge in [-0.1, -0.05) is 48.0 Å². The Morgan fingerprint density at radius 2 is 1.72 bits per heavy atom. The lowest BCUT2D eigenvalue weighted by Crippen LogP contribution is -2.45. The SMILES string of the molecule is O=C(NC1CCN(c2ncccn2)CC1)c1c2c(nc3ccccc13)C(=Cc1ccccc1Cl)CC2. The normalized spacial score (nSPS) is 16.9. The zero-order chi connectivity index (χ0) is 24.5. The molecule has 2 aromatic heterocycles. The molecule has 1 fully saturated rings. The maximum absolute atomic E-state index is 13.7. The first-order valence-corrected chi connectivity index (χ1v) is 12.7. The summed E-state index contributed by atoms with van der Waals surface area (Å²) in [6.07, 6.45) is 8.97. The average molecular weight is 496 g/mol. The Balaban J connectivity index is 1.29. The standard InChI is InChI=1S/C29H26ClN5O/c30-24-8-3-1-6-19(24)18-20-10-11-23-26(22-7-2-4-9-25(22)34-27(20)23)28(36)33-21-12-16-35(17-13-21)29-31-14-5-15-32-29/h1-9,14-15,18,21H,10-13,16-17H2,(H,33,36). The number of nitrogens with zero attached hydrogens (tertiary/aromatic N) is 4. The summed E-state index contributed by atoms with van der Waals surface area (Å²) in [6, 6.07) is 17.7. The third kappa shape index (κ3) is 4.33. The van der Waals surface area contributed by atoms with Crippen molar-refractivity contribution in [3.8, 4) is 0 Å². The minimum atomic E-state index is -0.0155. The van der Waals surface area contributed by atoms with E-state index in [-0.39, 0.29) is 11.9 Å². The lowest BCUT2D eigenvalue weighted by molar-refractivity contribution is 0.0932. The topological polar surface area (TPSA) is 71.0 Å². The van der Waals surface area contributed by atoms with Gasteiger partial charge in [-0.05, 0) is 66.7 Å². The number of rotatable bonds is 4. The second-order valence-electron chi connectivity index (χ2n) is 9.31. The number of anilines is 1. The van der Waals surface area contributed by atoms with Crippen LogP contribution >= 0.6 is 11.6 Å². The van der Waals surface area contributed by atoms with Crippen LogP contribution in [0.25, 0.3) is 22.6 Å². The van der Waals surface area contributed by atoms with Crippen molar-refractivity contribution in [3.05, 3.63) is 94.4 Å². The molecule has 1 aliphatic carbocycles. The van der Waals surface area contributed by atoms with Crippen LogP contribution in [0.1, 0.15) is 46.4 Å². The number of carbonyl (C=O) groups is 1. The van der Waals surface area contributed by atoms with Crippen LogP contribution in [0.5, 0.6) is 0 Å². The zero-order valence-corrected chi connectivity index (χ0v) is 20.6. The molecule has 1 saturated heterocycles. The van der Waals surface area contributed by atoms with Gasteiger partial charge in [-0.25, -0.2) is 15.0 Å². The molecule has 0 atom stereocenters. The molecule has 1 amide bonds. The number of hydrogen-bond acceptors (Lipinski definition) is 5. The molecule has 7 heteroatoms. The van der Waals surface area contributed by atoms with Gasteiger partial charge in [0.05, 0.1) is 16.8 Å². The van der Waals surface area contributed by atoms with Gasteiger partial charge in [0.2, 0.25) is 5.95 Å². The summed E-state index contributed by atoms with van der Waals surface area (Å²) in [5.74, 6) is 0.733. The smallest absolute Gasteiger partial charge is 0.252 e. The fourth-order valence-corrected chi connectivity index (χ4v) is 5.44. The first-order valence-electron chi connectivity index (χ1n) is 12.4. The summed E-state index contributed by atoms with van der Waals surface area (Å²) in [7, 11) is 0. The second kappa shape index (κ2) is 9.70. The highest BCUT2D eigenvalue weighted by atomic mass is 35.5. The molecule has 0 bridgehead atoms. The number of piperidine rings is 1. The highest BCUT2D eigenvalue weighted by Crippen LogP contribution is 2.38. The summed E-state index contributed by atoms with van der Waals surface area (Å²) < 4.78 is 0. The zero-order valence-electron chi connectivity index (χ0n) is 19.8. The predicted octanol–water partition coefficient (Wildman–Crippen LogP) is 5.56. The van der Waals surface area contributed by atoms with Crippen molar-refractivity contribution in [1.29, 1.82) is 0 Å². The van der Waals surface area contributed by atoms with Gasteiger partial charge in [0.25, 0.3) is 5.91 Å². The Kier molecular flexibility index (Phi) is 6.11. The van der Waals surface area contributed by atoms with Crippen LogP contribution in [0.15, 0.2) is 67.0 Å². The number of allylic oxidation sites excluding steroid dienone is 1. The molecular formula is C29H26ClN5O. The van der Waals surface area contributed by atoms with Gasteiger partial charge in [-0.15, -0.1) is 0 Å². The minimum absolute atomic E-state index is 0.0155. The number of fused-ring (bicyclic) bond motifs is 2. The number of amides is 1. The van der Waals surface area contributed by atoms with Crippen LogP contribution in [0.4, 0.5) is 5.95 Å². The van der Waals surface area contributed by atoms with Crippen molar-refractivity contribution in [1.82, 2.24) is 20.3 Å². The lowest BCUT2D eigenvalue weighted by Gasteiger charge is -2.32. The number of halogens is 1. The molecule has 0 radical (unpaired) electrons. The van der Waals surface area contributed by atoms with E-state index >= 15 is 0 Å². The predicted molar refractivity (Wildman–Crippen MR) is 144 cm³/mol. The van der Waals surface area contributed by atoms with Crippen LogP contribution < -0.4 is 10.2 Å². The Morgan fingerprint density at radius 1 is 0.972 bits per heavy atom. The van der Waals surface area contributed by atoms with Crippen LogP contribution in [-0.4, -0.2) is 40.0 Å². The van der Waals surface area contributed by atoms with Gasteiger partial charge in [-0.3, -0.25) is 4.79 Å². The van der Waals surface area contributed by atoms with Gasteiger partial charge in [-0.2, -0.15) is 0 Å². The third-order valence-corrected chi connectivity index (χ3v) is 7.41. The molecule has 2 aromatic carbocycles. The monoisotopic (exact) mass is 495 g/mol. The molecule has 0 saturated carbocycles. The van der Waals surface area contributed by atoms with Gasteiger partial charge in [0.15, 0.2) is 0 Å². The van der Waals surface area contributed by atoms with Crippen molar-refractivity contribution in [2.75, 3.05) is 18.0 Å². The molecule has 36 heavy (non-hydrogen) atoms. The summed E-state index contributed by atoms with van der Waals surface area (Å²) in [5, 5.41) is 4.95. The van der Waals surface area contributed by atoms with E-state index in [4.69, 9.17) is 16.6 Å². The number of aromatic nitrogens is 3. The van der Waals surface area contributed by atoms with Crippen molar-refractivity contribution >= 4 is 46.0 Å². The van der Waals surface area contributed by atoms with E-state index in [9.17, 15) is 4.79 Å². The van der Waals surface area contributed by atoms with Gasteiger partial charge in [0, 0.05) is 41.9 Å². The number of nitrogens with one attached hydrogen (secondary N) is 1. The molecule has 180 valence electrons. The van der Waals surface area contributed by atoms with Crippen LogP contribution in [0, 0.1) is 0 Å². The fourth-order valence-electron chi connectivity index (χ4n) is 5.25.